The molecule has 2 rings (SSSR count). The zero-order valence-corrected chi connectivity index (χ0v) is 12.7. The summed E-state index contributed by atoms with van der Waals surface area (Å²) in [5.41, 5.74) is -0.448. The number of carbonyl (C=O) groups is 1. The van der Waals surface area contributed by atoms with Gasteiger partial charge in [-0.25, -0.2) is 17.9 Å². The lowest BCUT2D eigenvalue weighted by Gasteiger charge is -2.26. The van der Waals surface area contributed by atoms with Crippen LogP contribution in [-0.4, -0.2) is 68.9 Å². The minimum absolute atomic E-state index is 0.190. The molecule has 1 aliphatic heterocycles. The van der Waals surface area contributed by atoms with Crippen LogP contribution in [0.5, 0.6) is 5.75 Å². The lowest BCUT2D eigenvalue weighted by Crippen LogP contribution is -2.41. The van der Waals surface area contributed by atoms with E-state index in [9.17, 15) is 18.3 Å². The summed E-state index contributed by atoms with van der Waals surface area (Å²) in [6, 6.07) is 3.16. The number of rotatable bonds is 6. The minimum atomic E-state index is -3.82. The molecule has 0 atom stereocenters. The maximum absolute atomic E-state index is 12.1. The Morgan fingerprint density at radius 1 is 1.32 bits per heavy atom. The number of benzene rings is 1. The van der Waals surface area contributed by atoms with E-state index in [1.54, 1.807) is 0 Å². The van der Waals surface area contributed by atoms with E-state index in [1.165, 1.54) is 6.07 Å². The van der Waals surface area contributed by atoms with Crippen molar-refractivity contribution in [2.45, 2.75) is 4.90 Å². The van der Waals surface area contributed by atoms with Crippen LogP contribution in [0.25, 0.3) is 0 Å². The number of aromatic hydroxyl groups is 1. The minimum Gasteiger partial charge on any atom is -0.507 e. The molecule has 0 saturated carbocycles. The van der Waals surface area contributed by atoms with Crippen LogP contribution in [0.2, 0.25) is 0 Å². The number of hydrogen-bond donors (Lipinski definition) is 3. The molecule has 0 unspecified atom stereocenters. The van der Waals surface area contributed by atoms with Gasteiger partial charge in [0, 0.05) is 26.2 Å². The molecule has 8 nitrogen and oxygen atoms in total. The largest absolute Gasteiger partial charge is 0.507 e. The van der Waals surface area contributed by atoms with Gasteiger partial charge < -0.3 is 14.9 Å². The molecule has 1 fully saturated rings. The van der Waals surface area contributed by atoms with Gasteiger partial charge >= 0.3 is 5.97 Å². The second-order valence-corrected chi connectivity index (χ2v) is 6.60. The molecule has 1 aromatic carbocycles. The summed E-state index contributed by atoms with van der Waals surface area (Å²) in [6.07, 6.45) is 0. The molecule has 9 heteroatoms. The Bertz CT molecular complexity index is 640. The Kier molecular flexibility index (Phi) is 5.35. The average Bonchev–Trinajstić information content (AvgIpc) is 2.48. The Morgan fingerprint density at radius 2 is 2.00 bits per heavy atom. The predicted molar refractivity (Wildman–Crippen MR) is 77.5 cm³/mol. The Hall–Kier alpha value is -1.68. The number of carboxylic acids is 1. The van der Waals surface area contributed by atoms with Gasteiger partial charge in [-0.15, -0.1) is 0 Å². The fourth-order valence-corrected chi connectivity index (χ4v) is 3.15. The first-order valence-corrected chi connectivity index (χ1v) is 8.24. The summed E-state index contributed by atoms with van der Waals surface area (Å²) in [5.74, 6) is -1.86. The number of aromatic carboxylic acids is 1. The molecule has 0 radical (unpaired) electrons. The molecule has 122 valence electrons. The van der Waals surface area contributed by atoms with E-state index in [4.69, 9.17) is 9.84 Å². The highest BCUT2D eigenvalue weighted by molar-refractivity contribution is 7.89. The van der Waals surface area contributed by atoms with Gasteiger partial charge in [0.05, 0.1) is 18.1 Å². The lowest BCUT2D eigenvalue weighted by molar-refractivity contribution is 0.0390. The normalized spacial score (nSPS) is 16.5. The summed E-state index contributed by atoms with van der Waals surface area (Å²) in [6.45, 7) is 3.53. The quantitative estimate of drug-likeness (QED) is 0.656. The zero-order chi connectivity index (χ0) is 16.2. The fourth-order valence-electron chi connectivity index (χ4n) is 2.10. The van der Waals surface area contributed by atoms with Gasteiger partial charge in [-0.2, -0.15) is 0 Å². The molecule has 1 aliphatic rings. The number of morpholine rings is 1. The van der Waals surface area contributed by atoms with Gasteiger partial charge in [-0.05, 0) is 18.2 Å². The molecular weight excluding hydrogens is 312 g/mol. The van der Waals surface area contributed by atoms with Crippen molar-refractivity contribution in [3.63, 3.8) is 0 Å². The Labute approximate surface area is 128 Å². The monoisotopic (exact) mass is 330 g/mol. The second-order valence-electron chi connectivity index (χ2n) is 4.84. The van der Waals surface area contributed by atoms with Gasteiger partial charge in [0.2, 0.25) is 10.0 Å². The standard InChI is InChI=1S/C13H18N2O6S/c16-12-2-1-10(9-11(12)13(17)18)22(19,20)14-3-4-15-5-7-21-8-6-15/h1-2,9,14,16H,3-8H2,(H,17,18). The highest BCUT2D eigenvalue weighted by Gasteiger charge is 2.19. The predicted octanol–water partition coefficient (Wildman–Crippen LogP) is -0.299. The van der Waals surface area contributed by atoms with E-state index in [0.29, 0.717) is 19.8 Å². The van der Waals surface area contributed by atoms with Crippen molar-refractivity contribution in [3.05, 3.63) is 23.8 Å². The van der Waals surface area contributed by atoms with Gasteiger partial charge in [-0.3, -0.25) is 4.90 Å². The van der Waals surface area contributed by atoms with Crippen LogP contribution in [0.3, 0.4) is 0 Å². The fraction of sp³-hybridized carbons (Fsp3) is 0.462. The van der Waals surface area contributed by atoms with Crippen molar-refractivity contribution in [3.8, 4) is 5.75 Å². The van der Waals surface area contributed by atoms with E-state index < -0.39 is 27.3 Å². The second kappa shape index (κ2) is 7.05. The van der Waals surface area contributed by atoms with E-state index in [0.717, 1.165) is 25.2 Å². The van der Waals surface area contributed by atoms with Gasteiger partial charge in [0.1, 0.15) is 11.3 Å². The summed E-state index contributed by atoms with van der Waals surface area (Å²) in [4.78, 5) is 12.8. The van der Waals surface area contributed by atoms with Crippen molar-refractivity contribution < 1.29 is 28.2 Å². The molecule has 0 spiro atoms. The van der Waals surface area contributed by atoms with Crippen LogP contribution in [0.1, 0.15) is 10.4 Å². The van der Waals surface area contributed by atoms with Crippen LogP contribution >= 0.6 is 0 Å². The highest BCUT2D eigenvalue weighted by atomic mass is 32.2. The highest BCUT2D eigenvalue weighted by Crippen LogP contribution is 2.21. The van der Waals surface area contributed by atoms with E-state index in [2.05, 4.69) is 9.62 Å². The van der Waals surface area contributed by atoms with Gasteiger partial charge in [0.25, 0.3) is 0 Å². The maximum atomic E-state index is 12.1. The number of hydrogen-bond acceptors (Lipinski definition) is 6. The Balaban J connectivity index is 2.00. The first kappa shape index (κ1) is 16.7. The van der Waals surface area contributed by atoms with E-state index in [-0.39, 0.29) is 11.4 Å². The molecule has 0 bridgehead atoms. The molecule has 0 aromatic heterocycles. The first-order chi connectivity index (χ1) is 10.4. The third-order valence-corrected chi connectivity index (χ3v) is 4.79. The third kappa shape index (κ3) is 4.17. The summed E-state index contributed by atoms with van der Waals surface area (Å²) >= 11 is 0. The number of sulfonamides is 1. The SMILES string of the molecule is O=C(O)c1cc(S(=O)(=O)NCCN2CCOCC2)ccc1O. The molecule has 3 N–H and O–H groups in total. The first-order valence-electron chi connectivity index (χ1n) is 6.76. The number of carboxylic acid groups (broad SMARTS) is 1. The molecule has 22 heavy (non-hydrogen) atoms. The molecule has 1 heterocycles. The van der Waals surface area contributed by atoms with Crippen LogP contribution in [-0.2, 0) is 14.8 Å². The molecule has 0 amide bonds. The van der Waals surface area contributed by atoms with E-state index >= 15 is 0 Å². The van der Waals surface area contributed by atoms with Crippen molar-refractivity contribution in [2.75, 3.05) is 39.4 Å². The Morgan fingerprint density at radius 3 is 2.64 bits per heavy atom. The number of ether oxygens (including phenoxy) is 1. The van der Waals surface area contributed by atoms with E-state index in [1.807, 2.05) is 0 Å². The summed E-state index contributed by atoms with van der Waals surface area (Å²) < 4.78 is 31.9. The van der Waals surface area contributed by atoms with Crippen LogP contribution < -0.4 is 4.72 Å². The van der Waals surface area contributed by atoms with Crippen molar-refractivity contribution in [1.29, 1.82) is 0 Å². The lowest BCUT2D eigenvalue weighted by atomic mass is 10.2. The van der Waals surface area contributed by atoms with Crippen LogP contribution in [0, 0.1) is 0 Å². The van der Waals surface area contributed by atoms with Gasteiger partial charge in [-0.1, -0.05) is 0 Å². The molecular formula is C13H18N2O6S. The zero-order valence-electron chi connectivity index (χ0n) is 11.9. The number of nitrogens with one attached hydrogen (secondary N) is 1. The van der Waals surface area contributed by atoms with Crippen molar-refractivity contribution in [1.82, 2.24) is 9.62 Å². The molecule has 0 aliphatic carbocycles. The van der Waals surface area contributed by atoms with Crippen molar-refractivity contribution >= 4 is 16.0 Å². The van der Waals surface area contributed by atoms with Crippen molar-refractivity contribution in [2.24, 2.45) is 0 Å². The topological polar surface area (TPSA) is 116 Å². The maximum Gasteiger partial charge on any atom is 0.339 e. The molecule has 1 aromatic rings. The third-order valence-electron chi connectivity index (χ3n) is 3.33. The molecule has 1 saturated heterocycles. The summed E-state index contributed by atoms with van der Waals surface area (Å²) in [5, 5.41) is 18.3. The van der Waals surface area contributed by atoms with Crippen LogP contribution in [0.15, 0.2) is 23.1 Å². The summed E-state index contributed by atoms with van der Waals surface area (Å²) in [7, 11) is -3.82. The number of phenols is 1. The van der Waals surface area contributed by atoms with Crippen LogP contribution in [0.4, 0.5) is 0 Å². The smallest absolute Gasteiger partial charge is 0.339 e. The number of nitrogens with zero attached hydrogens (tertiary/aromatic N) is 1. The average molecular weight is 330 g/mol. The van der Waals surface area contributed by atoms with Gasteiger partial charge in [0.15, 0.2) is 0 Å².